The Morgan fingerprint density at radius 3 is 2.00 bits per heavy atom. The predicted octanol–water partition coefficient (Wildman–Crippen LogP) is 7.31. The molecule has 1 aliphatic rings. The number of hydrogen-bond acceptors (Lipinski definition) is 7. The fourth-order valence-corrected chi connectivity index (χ4v) is 4.85. The zero-order chi connectivity index (χ0) is 31.8. The number of carbonyl (C=O) groups is 4. The Morgan fingerprint density at radius 2 is 1.40 bits per heavy atom. The van der Waals surface area contributed by atoms with E-state index in [1.54, 1.807) is 6.07 Å². The van der Waals surface area contributed by atoms with E-state index < -0.39 is 23.8 Å². The van der Waals surface area contributed by atoms with Crippen molar-refractivity contribution in [1.29, 1.82) is 0 Å². The average Bonchev–Trinajstić information content (AvgIpc) is 2.99. The highest BCUT2D eigenvalue weighted by Crippen LogP contribution is 2.51. The van der Waals surface area contributed by atoms with Gasteiger partial charge in [-0.3, -0.25) is 24.1 Å². The van der Waals surface area contributed by atoms with Gasteiger partial charge in [-0.05, 0) is 65.5 Å². The summed E-state index contributed by atoms with van der Waals surface area (Å²) in [6.45, 7) is 12.1. The Kier molecular flexibility index (Phi) is 11.1. The Balaban J connectivity index is 2.09. The van der Waals surface area contributed by atoms with Crippen molar-refractivity contribution in [2.45, 2.75) is 74.1 Å². The fourth-order valence-electron chi connectivity index (χ4n) is 4.85. The zero-order valence-electron chi connectivity index (χ0n) is 25.9. The van der Waals surface area contributed by atoms with Gasteiger partial charge >= 0.3 is 11.9 Å². The SMILES string of the molecule is CC(=O)Oc1cccc2c1N(C(C)=O)c1c(OC(C)=O)cc(O)cc1N(C/C=C(\C)CC/C=C(\C)CCC=C(C)C)C2=O. The Morgan fingerprint density at radius 1 is 0.791 bits per heavy atom. The third-order valence-electron chi connectivity index (χ3n) is 6.82. The summed E-state index contributed by atoms with van der Waals surface area (Å²) in [6, 6.07) is 7.11. The monoisotopic (exact) mass is 588 g/mol. The topological polar surface area (TPSA) is 113 Å². The van der Waals surface area contributed by atoms with Gasteiger partial charge in [-0.25, -0.2) is 0 Å². The number of esters is 2. The number of phenolic OH excluding ortho intramolecular Hbond substituents is 1. The van der Waals surface area contributed by atoms with Crippen LogP contribution in [0.2, 0.25) is 0 Å². The highest BCUT2D eigenvalue weighted by Gasteiger charge is 2.38. The predicted molar refractivity (Wildman–Crippen MR) is 167 cm³/mol. The van der Waals surface area contributed by atoms with Crippen LogP contribution in [0.3, 0.4) is 0 Å². The van der Waals surface area contributed by atoms with Crippen LogP contribution in [-0.4, -0.2) is 35.4 Å². The number of hydrogen-bond donors (Lipinski definition) is 1. The molecule has 9 nitrogen and oxygen atoms in total. The van der Waals surface area contributed by atoms with E-state index in [1.165, 1.54) is 66.0 Å². The number of anilines is 3. The lowest BCUT2D eigenvalue weighted by atomic mass is 10.1. The van der Waals surface area contributed by atoms with Gasteiger partial charge in [0.15, 0.2) is 11.5 Å². The Labute approximate surface area is 253 Å². The summed E-state index contributed by atoms with van der Waals surface area (Å²) >= 11 is 0. The van der Waals surface area contributed by atoms with Crippen LogP contribution in [0.1, 0.15) is 84.5 Å². The second-order valence-corrected chi connectivity index (χ2v) is 10.9. The second-order valence-electron chi connectivity index (χ2n) is 10.9. The maximum atomic E-state index is 14.1. The van der Waals surface area contributed by atoms with Crippen LogP contribution >= 0.6 is 0 Å². The van der Waals surface area contributed by atoms with Crippen LogP contribution in [0.25, 0.3) is 0 Å². The minimum absolute atomic E-state index is 0.0123. The van der Waals surface area contributed by atoms with E-state index in [1.807, 2.05) is 13.0 Å². The number of allylic oxidation sites excluding steroid dienone is 5. The molecule has 0 bridgehead atoms. The molecule has 1 N–H and O–H groups in total. The molecule has 43 heavy (non-hydrogen) atoms. The van der Waals surface area contributed by atoms with E-state index in [2.05, 4.69) is 32.9 Å². The number of para-hydroxylation sites is 1. The fraction of sp³-hybridized carbons (Fsp3) is 0.353. The lowest BCUT2D eigenvalue weighted by Crippen LogP contribution is -2.30. The Bertz CT molecular complexity index is 1510. The number of fused-ring (bicyclic) bond motifs is 2. The molecule has 0 radical (unpaired) electrons. The van der Waals surface area contributed by atoms with Crippen molar-refractivity contribution in [3.63, 3.8) is 0 Å². The maximum absolute atomic E-state index is 14.1. The summed E-state index contributed by atoms with van der Waals surface area (Å²) in [6.07, 6.45) is 10.0. The largest absolute Gasteiger partial charge is 0.508 e. The van der Waals surface area contributed by atoms with Crippen LogP contribution in [0.15, 0.2) is 65.3 Å². The third kappa shape index (κ3) is 8.44. The van der Waals surface area contributed by atoms with E-state index >= 15 is 0 Å². The molecule has 228 valence electrons. The van der Waals surface area contributed by atoms with Crippen molar-refractivity contribution in [2.75, 3.05) is 16.3 Å². The number of nitrogens with zero attached hydrogens (tertiary/aromatic N) is 2. The molecule has 0 aromatic heterocycles. The smallest absolute Gasteiger partial charge is 0.308 e. The molecular weight excluding hydrogens is 548 g/mol. The minimum Gasteiger partial charge on any atom is -0.508 e. The summed E-state index contributed by atoms with van der Waals surface area (Å²) in [5.74, 6) is -2.76. The number of ether oxygens (including phenoxy) is 2. The molecule has 2 amide bonds. The number of phenols is 1. The normalized spacial score (nSPS) is 13.1. The summed E-state index contributed by atoms with van der Waals surface area (Å²) in [7, 11) is 0. The maximum Gasteiger partial charge on any atom is 0.308 e. The second kappa shape index (κ2) is 14.5. The molecular formula is C34H40N2O7. The van der Waals surface area contributed by atoms with Gasteiger partial charge in [0.05, 0.1) is 11.3 Å². The molecule has 0 saturated heterocycles. The number of rotatable bonds is 10. The third-order valence-corrected chi connectivity index (χ3v) is 6.82. The van der Waals surface area contributed by atoms with Gasteiger partial charge in [-0.15, -0.1) is 0 Å². The van der Waals surface area contributed by atoms with E-state index in [4.69, 9.17) is 9.47 Å². The van der Waals surface area contributed by atoms with E-state index in [0.717, 1.165) is 31.3 Å². The van der Waals surface area contributed by atoms with Crippen molar-refractivity contribution in [3.05, 3.63) is 70.8 Å². The standard InChI is InChI=1S/C34H40N2O7/c1-21(2)11-8-12-22(3)13-9-14-23(4)17-18-35-29-19-27(40)20-31(43-26(7)39)33(29)36(24(5)37)32-28(34(35)41)15-10-16-30(32)42-25(6)38/h10-11,13,15-17,19-20,40H,8-9,12,14,18H2,1-7H3/b22-13+,23-17+. The first kappa shape index (κ1) is 32.8. The van der Waals surface area contributed by atoms with E-state index in [0.29, 0.717) is 0 Å². The molecule has 0 unspecified atom stereocenters. The van der Waals surface area contributed by atoms with Crippen LogP contribution in [0.5, 0.6) is 17.2 Å². The molecule has 1 heterocycles. The van der Waals surface area contributed by atoms with Gasteiger partial charge in [0.25, 0.3) is 5.91 Å². The van der Waals surface area contributed by atoms with Gasteiger partial charge in [0.1, 0.15) is 17.1 Å². The molecule has 0 saturated carbocycles. The molecule has 0 fully saturated rings. The number of amides is 2. The zero-order valence-corrected chi connectivity index (χ0v) is 25.9. The molecule has 0 atom stereocenters. The van der Waals surface area contributed by atoms with Gasteiger partial charge in [0.2, 0.25) is 5.91 Å². The van der Waals surface area contributed by atoms with Gasteiger partial charge in [0, 0.05) is 39.4 Å². The molecule has 1 aliphatic heterocycles. The first-order valence-corrected chi connectivity index (χ1v) is 14.2. The molecule has 0 spiro atoms. The van der Waals surface area contributed by atoms with Crippen molar-refractivity contribution < 1.29 is 33.8 Å². The molecule has 0 aliphatic carbocycles. The van der Waals surface area contributed by atoms with E-state index in [-0.39, 0.29) is 46.4 Å². The summed E-state index contributed by atoms with van der Waals surface area (Å²) < 4.78 is 10.8. The highest BCUT2D eigenvalue weighted by molar-refractivity contribution is 6.20. The van der Waals surface area contributed by atoms with Crippen molar-refractivity contribution >= 4 is 40.8 Å². The lowest BCUT2D eigenvalue weighted by Gasteiger charge is -2.27. The van der Waals surface area contributed by atoms with E-state index in [9.17, 15) is 24.3 Å². The average molecular weight is 589 g/mol. The molecule has 2 aromatic rings. The van der Waals surface area contributed by atoms with Gasteiger partial charge < -0.3 is 19.5 Å². The molecule has 2 aromatic carbocycles. The number of carbonyl (C=O) groups excluding carboxylic acids is 4. The van der Waals surface area contributed by atoms with Crippen LogP contribution < -0.4 is 19.3 Å². The first-order chi connectivity index (χ1) is 20.3. The van der Waals surface area contributed by atoms with Gasteiger partial charge in [-0.1, -0.05) is 41.0 Å². The highest BCUT2D eigenvalue weighted by atomic mass is 16.5. The molecule has 3 rings (SSSR count). The van der Waals surface area contributed by atoms with Crippen molar-refractivity contribution in [3.8, 4) is 17.2 Å². The van der Waals surface area contributed by atoms with Crippen LogP contribution in [0.4, 0.5) is 17.1 Å². The summed E-state index contributed by atoms with van der Waals surface area (Å²) in [5, 5.41) is 10.6. The summed E-state index contributed by atoms with van der Waals surface area (Å²) in [4.78, 5) is 53.9. The quantitative estimate of drug-likeness (QED) is 0.176. The first-order valence-electron chi connectivity index (χ1n) is 14.2. The van der Waals surface area contributed by atoms with Gasteiger partial charge in [-0.2, -0.15) is 0 Å². The minimum atomic E-state index is -0.688. The number of benzene rings is 2. The summed E-state index contributed by atoms with van der Waals surface area (Å²) in [5.41, 5.74) is 4.02. The van der Waals surface area contributed by atoms with Crippen molar-refractivity contribution in [2.24, 2.45) is 0 Å². The lowest BCUT2D eigenvalue weighted by molar-refractivity contribution is -0.132. The van der Waals surface area contributed by atoms with Crippen LogP contribution in [-0.2, 0) is 14.4 Å². The van der Waals surface area contributed by atoms with Crippen molar-refractivity contribution in [1.82, 2.24) is 0 Å². The Hall–Kier alpha value is -4.66. The van der Waals surface area contributed by atoms with Crippen LogP contribution in [0, 0.1) is 0 Å². The molecule has 9 heteroatoms. The number of aromatic hydroxyl groups is 1.